The fraction of sp³-hybridized carbons (Fsp3) is 0.176. The summed E-state index contributed by atoms with van der Waals surface area (Å²) in [5, 5.41) is 20.0. The van der Waals surface area contributed by atoms with Crippen LogP contribution in [0.15, 0.2) is 54.5 Å². The van der Waals surface area contributed by atoms with Crippen molar-refractivity contribution >= 4 is 20.6 Å². The third kappa shape index (κ3) is 2.60. The van der Waals surface area contributed by atoms with Crippen LogP contribution in [-0.4, -0.2) is 23.9 Å². The van der Waals surface area contributed by atoms with Gasteiger partial charge in [0.1, 0.15) is 11.5 Å². The number of sulfone groups is 1. The zero-order valence-electron chi connectivity index (χ0n) is 12.3. The van der Waals surface area contributed by atoms with E-state index >= 15 is 0 Å². The molecule has 2 aromatic carbocycles. The van der Waals surface area contributed by atoms with Gasteiger partial charge in [-0.15, -0.1) is 13.2 Å². The molecule has 0 aliphatic rings. The summed E-state index contributed by atoms with van der Waals surface area (Å²) in [6.07, 6.45) is 3.19. The van der Waals surface area contributed by atoms with Crippen LogP contribution in [0.4, 0.5) is 0 Å². The highest BCUT2D eigenvalue weighted by Gasteiger charge is 2.24. The van der Waals surface area contributed by atoms with Gasteiger partial charge in [0.05, 0.1) is 10.1 Å². The molecule has 116 valence electrons. The molecule has 2 rings (SSSR count). The minimum absolute atomic E-state index is 0.0506. The summed E-state index contributed by atoms with van der Waals surface area (Å²) in [7, 11) is -3.59. The summed E-state index contributed by atoms with van der Waals surface area (Å²) in [5.74, 6) is -0.128. The first-order valence-electron chi connectivity index (χ1n) is 6.75. The molecule has 0 heterocycles. The van der Waals surface area contributed by atoms with Crippen LogP contribution in [0.3, 0.4) is 0 Å². The van der Waals surface area contributed by atoms with Crippen LogP contribution in [0.5, 0.6) is 11.5 Å². The highest BCUT2D eigenvalue weighted by atomic mass is 32.2. The number of phenols is 2. The second kappa shape index (κ2) is 5.85. The SMILES string of the molecule is C=CCC(C=C)S(=O)(=O)c1ccc2c(O)c(C)c(O)cc2c1. The summed E-state index contributed by atoms with van der Waals surface area (Å²) in [6, 6.07) is 5.88. The average molecular weight is 318 g/mol. The number of fused-ring (bicyclic) bond motifs is 1. The minimum atomic E-state index is -3.59. The van der Waals surface area contributed by atoms with Crippen LogP contribution >= 0.6 is 0 Å². The highest BCUT2D eigenvalue weighted by molar-refractivity contribution is 7.92. The van der Waals surface area contributed by atoms with E-state index in [1.807, 2.05) is 0 Å². The first kappa shape index (κ1) is 16.1. The van der Waals surface area contributed by atoms with Gasteiger partial charge in [0.25, 0.3) is 0 Å². The molecule has 22 heavy (non-hydrogen) atoms. The molecule has 5 heteroatoms. The monoisotopic (exact) mass is 318 g/mol. The molecule has 0 saturated heterocycles. The summed E-state index contributed by atoms with van der Waals surface area (Å²) < 4.78 is 25.2. The number of rotatable bonds is 5. The molecule has 0 amide bonds. The van der Waals surface area contributed by atoms with E-state index < -0.39 is 15.1 Å². The van der Waals surface area contributed by atoms with Crippen molar-refractivity contribution in [1.29, 1.82) is 0 Å². The van der Waals surface area contributed by atoms with E-state index in [2.05, 4.69) is 13.2 Å². The maximum Gasteiger partial charge on any atom is 0.185 e. The lowest BCUT2D eigenvalue weighted by Crippen LogP contribution is -2.18. The quantitative estimate of drug-likeness (QED) is 0.828. The van der Waals surface area contributed by atoms with Crippen molar-refractivity contribution in [1.82, 2.24) is 0 Å². The van der Waals surface area contributed by atoms with Gasteiger partial charge in [0.2, 0.25) is 0 Å². The molecule has 0 radical (unpaired) electrons. The highest BCUT2D eigenvalue weighted by Crippen LogP contribution is 2.36. The number of hydrogen-bond acceptors (Lipinski definition) is 4. The first-order valence-corrected chi connectivity index (χ1v) is 8.30. The van der Waals surface area contributed by atoms with E-state index in [0.717, 1.165) is 0 Å². The molecular weight excluding hydrogens is 300 g/mol. The molecule has 1 unspecified atom stereocenters. The predicted octanol–water partition coefficient (Wildman–Crippen LogP) is 3.46. The van der Waals surface area contributed by atoms with Crippen LogP contribution in [-0.2, 0) is 9.84 Å². The fourth-order valence-electron chi connectivity index (χ4n) is 2.32. The second-order valence-corrected chi connectivity index (χ2v) is 7.26. The van der Waals surface area contributed by atoms with Gasteiger partial charge in [-0.1, -0.05) is 12.2 Å². The van der Waals surface area contributed by atoms with E-state index in [-0.39, 0.29) is 22.8 Å². The minimum Gasteiger partial charge on any atom is -0.508 e. The Balaban J connectivity index is 2.65. The molecule has 0 aromatic heterocycles. The van der Waals surface area contributed by atoms with Gasteiger partial charge < -0.3 is 10.2 Å². The van der Waals surface area contributed by atoms with Gasteiger partial charge in [-0.05, 0) is 43.0 Å². The summed E-state index contributed by atoms with van der Waals surface area (Å²) >= 11 is 0. The normalized spacial score (nSPS) is 13.0. The molecule has 0 saturated carbocycles. The molecule has 0 spiro atoms. The third-order valence-corrected chi connectivity index (χ3v) is 5.79. The van der Waals surface area contributed by atoms with Crippen molar-refractivity contribution in [2.24, 2.45) is 0 Å². The van der Waals surface area contributed by atoms with Gasteiger partial charge in [0.15, 0.2) is 9.84 Å². The lowest BCUT2D eigenvalue weighted by Gasteiger charge is -2.13. The van der Waals surface area contributed by atoms with Crippen LogP contribution in [0.25, 0.3) is 10.8 Å². The summed E-state index contributed by atoms with van der Waals surface area (Å²) in [5.41, 5.74) is 0.360. The van der Waals surface area contributed by atoms with Gasteiger partial charge in [0, 0.05) is 10.9 Å². The van der Waals surface area contributed by atoms with Crippen molar-refractivity contribution in [3.8, 4) is 11.5 Å². The summed E-state index contributed by atoms with van der Waals surface area (Å²) in [4.78, 5) is 0.120. The van der Waals surface area contributed by atoms with Gasteiger partial charge >= 0.3 is 0 Å². The number of phenolic OH excluding ortho intramolecular Hbond substituents is 2. The van der Waals surface area contributed by atoms with E-state index in [1.54, 1.807) is 6.92 Å². The number of allylic oxidation sites excluding steroid dienone is 1. The Hall–Kier alpha value is -2.27. The van der Waals surface area contributed by atoms with Crippen molar-refractivity contribution in [2.75, 3.05) is 0 Å². The van der Waals surface area contributed by atoms with E-state index in [9.17, 15) is 18.6 Å². The Labute approximate surface area is 130 Å². The van der Waals surface area contributed by atoms with Gasteiger partial charge in [-0.25, -0.2) is 8.42 Å². The smallest absolute Gasteiger partial charge is 0.185 e. The van der Waals surface area contributed by atoms with Crippen LogP contribution in [0, 0.1) is 6.92 Å². The van der Waals surface area contributed by atoms with Crippen LogP contribution < -0.4 is 0 Å². The average Bonchev–Trinajstić information content (AvgIpc) is 2.49. The third-order valence-electron chi connectivity index (χ3n) is 3.70. The lowest BCUT2D eigenvalue weighted by molar-refractivity contribution is 0.448. The van der Waals surface area contributed by atoms with E-state index in [4.69, 9.17) is 0 Å². The van der Waals surface area contributed by atoms with Gasteiger partial charge in [-0.3, -0.25) is 0 Å². The Bertz CT molecular complexity index is 851. The molecule has 0 bridgehead atoms. The zero-order valence-corrected chi connectivity index (χ0v) is 13.1. The molecule has 2 aromatic rings. The second-order valence-electron chi connectivity index (χ2n) is 5.10. The van der Waals surface area contributed by atoms with Gasteiger partial charge in [-0.2, -0.15) is 0 Å². The molecule has 0 aliphatic carbocycles. The molecule has 4 nitrogen and oxygen atoms in total. The van der Waals surface area contributed by atoms with Crippen molar-refractivity contribution < 1.29 is 18.6 Å². The summed E-state index contributed by atoms with van der Waals surface area (Å²) in [6.45, 7) is 8.72. The van der Waals surface area contributed by atoms with Crippen molar-refractivity contribution in [2.45, 2.75) is 23.5 Å². The topological polar surface area (TPSA) is 74.6 Å². The van der Waals surface area contributed by atoms with E-state index in [1.165, 1.54) is 36.4 Å². The zero-order chi connectivity index (χ0) is 16.5. The predicted molar refractivity (Wildman–Crippen MR) is 88.0 cm³/mol. The molecule has 0 fully saturated rings. The number of aromatic hydroxyl groups is 2. The van der Waals surface area contributed by atoms with E-state index in [0.29, 0.717) is 16.3 Å². The first-order chi connectivity index (χ1) is 10.3. The largest absolute Gasteiger partial charge is 0.508 e. The molecule has 1 atom stereocenters. The van der Waals surface area contributed by atoms with Crippen LogP contribution in [0.2, 0.25) is 0 Å². The van der Waals surface area contributed by atoms with Crippen molar-refractivity contribution in [3.63, 3.8) is 0 Å². The molecule has 2 N–H and O–H groups in total. The Morgan fingerprint density at radius 1 is 1.23 bits per heavy atom. The van der Waals surface area contributed by atoms with Crippen molar-refractivity contribution in [3.05, 3.63) is 55.1 Å². The number of hydrogen-bond donors (Lipinski definition) is 2. The maximum atomic E-state index is 12.6. The van der Waals surface area contributed by atoms with Crippen LogP contribution in [0.1, 0.15) is 12.0 Å². The molecule has 0 aliphatic heterocycles. The standard InChI is InChI=1S/C17H18O4S/c1-4-6-13(5-2)22(20,21)14-7-8-15-12(9-14)10-16(18)11(3)17(15)19/h4-5,7-10,13,18-19H,1-2,6H2,3H3. The lowest BCUT2D eigenvalue weighted by atomic mass is 10.1. The molecular formula is C17H18O4S. The fourth-order valence-corrected chi connectivity index (χ4v) is 3.86. The Morgan fingerprint density at radius 3 is 2.50 bits per heavy atom. The Kier molecular flexibility index (Phi) is 4.28. The maximum absolute atomic E-state index is 12.6. The Morgan fingerprint density at radius 2 is 1.91 bits per heavy atom. The number of benzene rings is 2.